The van der Waals surface area contributed by atoms with E-state index in [2.05, 4.69) is 59.0 Å². The Kier molecular flexibility index (Phi) is 1.98. The van der Waals surface area contributed by atoms with Gasteiger partial charge in [0.05, 0.1) is 3.92 Å². The lowest BCUT2D eigenvalue weighted by molar-refractivity contribution is 1.10. The molecule has 0 saturated carbocycles. The molecule has 1 heteroatoms. The van der Waals surface area contributed by atoms with E-state index in [1.54, 1.807) is 0 Å². The molecule has 0 aromatic heterocycles. The molecule has 0 spiro atoms. The first-order valence-electron chi connectivity index (χ1n) is 3.76. The first kappa shape index (κ1) is 7.35. The van der Waals surface area contributed by atoms with Crippen LogP contribution in [-0.4, -0.2) is 0 Å². The van der Waals surface area contributed by atoms with E-state index in [1.165, 1.54) is 11.1 Å². The van der Waals surface area contributed by atoms with E-state index in [9.17, 15) is 0 Å². The van der Waals surface area contributed by atoms with Gasteiger partial charge in [-0.3, -0.25) is 0 Å². The van der Waals surface area contributed by atoms with Crippen molar-refractivity contribution in [1.82, 2.24) is 0 Å². The van der Waals surface area contributed by atoms with Crippen molar-refractivity contribution in [2.45, 2.75) is 10.3 Å². The van der Waals surface area contributed by atoms with E-state index < -0.39 is 0 Å². The second-order valence-corrected chi connectivity index (χ2v) is 4.07. The molecule has 1 aliphatic carbocycles. The van der Waals surface area contributed by atoms with Gasteiger partial charge >= 0.3 is 0 Å². The molecule has 2 rings (SSSR count). The quantitative estimate of drug-likeness (QED) is 0.379. The highest BCUT2D eigenvalue weighted by Gasteiger charge is 2.10. The molecule has 0 N–H and O–H groups in total. The van der Waals surface area contributed by atoms with Crippen molar-refractivity contribution in [3.8, 4) is 0 Å². The molecule has 0 aliphatic heterocycles. The maximum atomic E-state index is 2.46. The lowest BCUT2D eigenvalue weighted by Gasteiger charge is -2.14. The van der Waals surface area contributed by atoms with Gasteiger partial charge in [0.2, 0.25) is 0 Å². The van der Waals surface area contributed by atoms with Crippen LogP contribution < -0.4 is 0 Å². The zero-order valence-corrected chi connectivity index (χ0v) is 8.28. The molecule has 0 radical (unpaired) electrons. The van der Waals surface area contributed by atoms with E-state index in [-0.39, 0.29) is 0 Å². The van der Waals surface area contributed by atoms with E-state index >= 15 is 0 Å². The minimum Gasteiger partial charge on any atom is -0.0827 e. The van der Waals surface area contributed by atoms with Crippen LogP contribution in [0.3, 0.4) is 0 Å². The fourth-order valence-corrected chi connectivity index (χ4v) is 2.31. The summed E-state index contributed by atoms with van der Waals surface area (Å²) in [5.41, 5.74) is 2.96. The smallest absolute Gasteiger partial charge is 0.0542 e. The van der Waals surface area contributed by atoms with Gasteiger partial charge in [-0.1, -0.05) is 59.0 Å². The summed E-state index contributed by atoms with van der Waals surface area (Å²) in [7, 11) is 0. The summed E-state index contributed by atoms with van der Waals surface area (Å²) in [5, 5.41) is 0. The van der Waals surface area contributed by atoms with Gasteiger partial charge in [0.1, 0.15) is 0 Å². The van der Waals surface area contributed by atoms with Crippen molar-refractivity contribution in [3.05, 3.63) is 47.5 Å². The fourth-order valence-electron chi connectivity index (χ4n) is 1.41. The summed E-state index contributed by atoms with van der Waals surface area (Å²) in [5.74, 6) is 0. The van der Waals surface area contributed by atoms with Gasteiger partial charge in [-0.15, -0.1) is 0 Å². The van der Waals surface area contributed by atoms with E-state index in [0.717, 1.165) is 6.42 Å². The number of alkyl halides is 1. The third-order valence-electron chi connectivity index (χ3n) is 2.00. The van der Waals surface area contributed by atoms with Crippen molar-refractivity contribution in [3.63, 3.8) is 0 Å². The number of allylic oxidation sites excluding steroid dienone is 2. The zero-order valence-electron chi connectivity index (χ0n) is 6.13. The van der Waals surface area contributed by atoms with Crippen molar-refractivity contribution in [2.75, 3.05) is 0 Å². The standard InChI is InChI=1S/C10H9I/c11-10-7-3-5-8-4-1-2-6-9(8)10/h1-4,6-7,10H,5H2. The molecule has 1 atom stereocenters. The van der Waals surface area contributed by atoms with Gasteiger partial charge in [-0.2, -0.15) is 0 Å². The van der Waals surface area contributed by atoms with Crippen LogP contribution in [0, 0.1) is 0 Å². The number of rotatable bonds is 0. The van der Waals surface area contributed by atoms with Crippen molar-refractivity contribution < 1.29 is 0 Å². The molecule has 1 aliphatic rings. The second kappa shape index (κ2) is 2.97. The van der Waals surface area contributed by atoms with Gasteiger partial charge in [0.15, 0.2) is 0 Å². The molecule has 0 nitrogen and oxygen atoms in total. The minimum atomic E-state index is 0.581. The summed E-state index contributed by atoms with van der Waals surface area (Å²) in [6.45, 7) is 0. The first-order valence-corrected chi connectivity index (χ1v) is 5.01. The fraction of sp³-hybridized carbons (Fsp3) is 0.200. The second-order valence-electron chi connectivity index (χ2n) is 2.73. The van der Waals surface area contributed by atoms with Gasteiger partial charge < -0.3 is 0 Å². The average Bonchev–Trinajstić information content (AvgIpc) is 2.06. The van der Waals surface area contributed by atoms with Crippen molar-refractivity contribution in [2.24, 2.45) is 0 Å². The van der Waals surface area contributed by atoms with Gasteiger partial charge in [-0.05, 0) is 17.5 Å². The third kappa shape index (κ3) is 1.34. The lowest BCUT2D eigenvalue weighted by Crippen LogP contribution is -1.98. The Hall–Kier alpha value is -0.310. The van der Waals surface area contributed by atoms with E-state index in [0.29, 0.717) is 3.92 Å². The normalized spacial score (nSPS) is 21.4. The largest absolute Gasteiger partial charge is 0.0827 e. The summed E-state index contributed by atoms with van der Waals surface area (Å²) < 4.78 is 0.581. The monoisotopic (exact) mass is 256 g/mol. The van der Waals surface area contributed by atoms with Gasteiger partial charge in [-0.25, -0.2) is 0 Å². The van der Waals surface area contributed by atoms with Crippen LogP contribution in [0.4, 0.5) is 0 Å². The van der Waals surface area contributed by atoms with Crippen LogP contribution in [0.15, 0.2) is 36.4 Å². The van der Waals surface area contributed by atoms with Crippen LogP contribution in [-0.2, 0) is 6.42 Å². The first-order chi connectivity index (χ1) is 5.38. The number of halogens is 1. The molecule has 11 heavy (non-hydrogen) atoms. The number of hydrogen-bond donors (Lipinski definition) is 0. The molecule has 56 valence electrons. The van der Waals surface area contributed by atoms with Gasteiger partial charge in [0, 0.05) is 0 Å². The Labute approximate surface area is 80.5 Å². The maximum absolute atomic E-state index is 2.46. The number of hydrogen-bond acceptors (Lipinski definition) is 0. The number of fused-ring (bicyclic) bond motifs is 1. The molecule has 0 fully saturated rings. The number of benzene rings is 1. The Balaban J connectivity index is 2.50. The molecule has 1 unspecified atom stereocenters. The Morgan fingerprint density at radius 3 is 2.91 bits per heavy atom. The SMILES string of the molecule is IC1C=CCc2ccccc21. The molecule has 0 saturated heterocycles. The molecule has 0 heterocycles. The van der Waals surface area contributed by atoms with Crippen molar-refractivity contribution in [1.29, 1.82) is 0 Å². The molecule has 0 bridgehead atoms. The van der Waals surface area contributed by atoms with Crippen LogP contribution in [0.25, 0.3) is 0 Å². The Morgan fingerprint density at radius 2 is 2.09 bits per heavy atom. The van der Waals surface area contributed by atoms with Crippen LogP contribution >= 0.6 is 22.6 Å². The van der Waals surface area contributed by atoms with Crippen LogP contribution in [0.5, 0.6) is 0 Å². The zero-order chi connectivity index (χ0) is 7.68. The molecular weight excluding hydrogens is 247 g/mol. The summed E-state index contributed by atoms with van der Waals surface area (Å²) in [6, 6.07) is 8.66. The van der Waals surface area contributed by atoms with E-state index in [4.69, 9.17) is 0 Å². The topological polar surface area (TPSA) is 0 Å². The molecule has 1 aromatic rings. The van der Waals surface area contributed by atoms with Crippen LogP contribution in [0.2, 0.25) is 0 Å². The molecule has 0 amide bonds. The molecule has 1 aromatic carbocycles. The summed E-state index contributed by atoms with van der Waals surface area (Å²) in [6.07, 6.45) is 5.62. The highest BCUT2D eigenvalue weighted by Crippen LogP contribution is 2.31. The molecular formula is C10H9I. The Bertz CT molecular complexity index is 289. The predicted octanol–water partition coefficient (Wildman–Crippen LogP) is 3.28. The van der Waals surface area contributed by atoms with Gasteiger partial charge in [0.25, 0.3) is 0 Å². The summed E-state index contributed by atoms with van der Waals surface area (Å²) in [4.78, 5) is 0. The maximum Gasteiger partial charge on any atom is 0.0542 e. The average molecular weight is 256 g/mol. The highest BCUT2D eigenvalue weighted by atomic mass is 127. The van der Waals surface area contributed by atoms with E-state index in [1.807, 2.05) is 0 Å². The van der Waals surface area contributed by atoms with Crippen molar-refractivity contribution >= 4 is 22.6 Å². The summed E-state index contributed by atoms with van der Waals surface area (Å²) >= 11 is 2.46. The highest BCUT2D eigenvalue weighted by molar-refractivity contribution is 14.1. The van der Waals surface area contributed by atoms with Crippen LogP contribution in [0.1, 0.15) is 15.1 Å². The third-order valence-corrected chi connectivity index (χ3v) is 3.08. The predicted molar refractivity (Wildman–Crippen MR) is 56.0 cm³/mol. The lowest BCUT2D eigenvalue weighted by atomic mass is 9.97. The Morgan fingerprint density at radius 1 is 1.27 bits per heavy atom. The minimum absolute atomic E-state index is 0.581.